The van der Waals surface area contributed by atoms with Crippen molar-refractivity contribution in [2.24, 2.45) is 5.92 Å². The third-order valence-corrected chi connectivity index (χ3v) is 3.19. The fourth-order valence-corrected chi connectivity index (χ4v) is 2.14. The van der Waals surface area contributed by atoms with Crippen molar-refractivity contribution in [2.75, 3.05) is 13.2 Å². The van der Waals surface area contributed by atoms with Crippen molar-refractivity contribution in [1.82, 2.24) is 0 Å². The Bertz CT molecular complexity index is 325. The maximum Gasteiger partial charge on any atom is 0.309 e. The molecule has 1 rings (SSSR count). The summed E-state index contributed by atoms with van der Waals surface area (Å²) in [5, 5.41) is 8.60. The monoisotopic (exact) mass is 252 g/mol. The predicted molar refractivity (Wildman–Crippen MR) is 72.1 cm³/mol. The van der Waals surface area contributed by atoms with Crippen LogP contribution in [0, 0.1) is 5.92 Å². The first-order valence-electron chi connectivity index (χ1n) is 6.72. The molecule has 0 aliphatic heterocycles. The second-order valence-electron chi connectivity index (χ2n) is 5.04. The summed E-state index contributed by atoms with van der Waals surface area (Å²) in [5.74, 6) is -0.174. The van der Waals surface area contributed by atoms with Crippen LogP contribution in [0.25, 0.3) is 0 Å². The Kier molecular flexibility index (Phi) is 6.73. The van der Waals surface area contributed by atoms with Crippen molar-refractivity contribution in [3.63, 3.8) is 0 Å². The van der Waals surface area contributed by atoms with Crippen LogP contribution in [0.5, 0.6) is 0 Å². The first-order valence-corrected chi connectivity index (χ1v) is 6.72. The molecule has 18 heavy (non-hydrogen) atoms. The molecule has 1 unspecified atom stereocenters. The van der Waals surface area contributed by atoms with Crippen molar-refractivity contribution < 1.29 is 14.6 Å². The van der Waals surface area contributed by atoms with Crippen LogP contribution < -0.4 is 0 Å². The van der Waals surface area contributed by atoms with Gasteiger partial charge in [0.25, 0.3) is 0 Å². The van der Waals surface area contributed by atoms with Crippen LogP contribution in [0.2, 0.25) is 0 Å². The van der Waals surface area contributed by atoms with E-state index in [1.54, 1.807) is 0 Å². The number of ether oxygens (including phenoxy) is 1. The average molecular weight is 252 g/mol. The summed E-state index contributed by atoms with van der Waals surface area (Å²) in [4.78, 5) is 11.6. The molecule has 0 aromatic rings. The van der Waals surface area contributed by atoms with Gasteiger partial charge in [0.2, 0.25) is 0 Å². The molecule has 0 radical (unpaired) electrons. The molecule has 0 saturated carbocycles. The fraction of sp³-hybridized carbons (Fsp3) is 0.667. The van der Waals surface area contributed by atoms with E-state index in [1.165, 1.54) is 11.1 Å². The smallest absolute Gasteiger partial charge is 0.309 e. The molecule has 0 amide bonds. The highest BCUT2D eigenvalue weighted by Crippen LogP contribution is 2.27. The molecule has 0 aromatic carbocycles. The topological polar surface area (TPSA) is 46.5 Å². The number of aliphatic hydroxyl groups excluding tert-OH is 1. The van der Waals surface area contributed by atoms with Gasteiger partial charge in [0, 0.05) is 0 Å². The van der Waals surface area contributed by atoms with Crippen molar-refractivity contribution in [3.05, 3.63) is 23.3 Å². The summed E-state index contributed by atoms with van der Waals surface area (Å²) >= 11 is 0. The lowest BCUT2D eigenvalue weighted by Gasteiger charge is -2.20. The van der Waals surface area contributed by atoms with Crippen LogP contribution in [0.4, 0.5) is 0 Å². The maximum atomic E-state index is 11.6. The second-order valence-corrected chi connectivity index (χ2v) is 5.04. The van der Waals surface area contributed by atoms with Gasteiger partial charge in [0.05, 0.1) is 12.5 Å². The Morgan fingerprint density at radius 1 is 1.56 bits per heavy atom. The number of allylic oxidation sites excluding steroid dienone is 4. The van der Waals surface area contributed by atoms with E-state index >= 15 is 0 Å². The van der Waals surface area contributed by atoms with Crippen molar-refractivity contribution >= 4 is 5.97 Å². The van der Waals surface area contributed by atoms with E-state index in [4.69, 9.17) is 9.84 Å². The maximum absolute atomic E-state index is 11.6. The van der Waals surface area contributed by atoms with E-state index in [9.17, 15) is 4.79 Å². The van der Waals surface area contributed by atoms with Gasteiger partial charge in [-0.3, -0.25) is 4.79 Å². The molecule has 0 fully saturated rings. The predicted octanol–water partition coefficient (Wildman–Crippen LogP) is 2.99. The number of hydrogen-bond donors (Lipinski definition) is 1. The molecule has 1 aliphatic carbocycles. The average Bonchev–Trinajstić information content (AvgIpc) is 2.36. The number of esters is 1. The number of aliphatic hydroxyl groups is 1. The standard InChI is InChI=1S/C15H24O3/c1-12(2)4-3-5-13-6-8-14(9-7-13)15(17)18-11-10-16/h4,6,14,16H,3,5,7-11H2,1-2H3. The van der Waals surface area contributed by atoms with Crippen LogP contribution in [0.3, 0.4) is 0 Å². The zero-order chi connectivity index (χ0) is 13.4. The third-order valence-electron chi connectivity index (χ3n) is 3.19. The molecule has 1 N–H and O–H groups in total. The summed E-state index contributed by atoms with van der Waals surface area (Å²) < 4.78 is 4.95. The fourth-order valence-electron chi connectivity index (χ4n) is 2.14. The summed E-state index contributed by atoms with van der Waals surface area (Å²) in [6, 6.07) is 0. The third kappa shape index (κ3) is 5.50. The van der Waals surface area contributed by atoms with E-state index in [0.29, 0.717) is 0 Å². The van der Waals surface area contributed by atoms with Crippen LogP contribution in [0.15, 0.2) is 23.3 Å². The summed E-state index contributed by atoms with van der Waals surface area (Å²) in [6.45, 7) is 4.25. The molecule has 1 aliphatic rings. The van der Waals surface area contributed by atoms with Crippen LogP contribution in [0.1, 0.15) is 46.0 Å². The largest absolute Gasteiger partial charge is 0.463 e. The molecule has 0 aromatic heterocycles. The SMILES string of the molecule is CC(C)=CCCC1=CCC(C(=O)OCCO)CC1. The molecular weight excluding hydrogens is 228 g/mol. The molecular formula is C15H24O3. The highest BCUT2D eigenvalue weighted by molar-refractivity contribution is 5.72. The number of hydrogen-bond acceptors (Lipinski definition) is 3. The van der Waals surface area contributed by atoms with E-state index in [2.05, 4.69) is 26.0 Å². The minimum atomic E-state index is -0.163. The molecule has 0 bridgehead atoms. The van der Waals surface area contributed by atoms with E-state index in [0.717, 1.165) is 32.1 Å². The van der Waals surface area contributed by atoms with Gasteiger partial charge in [0.15, 0.2) is 0 Å². The van der Waals surface area contributed by atoms with Gasteiger partial charge in [-0.2, -0.15) is 0 Å². The highest BCUT2D eigenvalue weighted by Gasteiger charge is 2.22. The molecule has 0 spiro atoms. The van der Waals surface area contributed by atoms with Gasteiger partial charge in [-0.15, -0.1) is 0 Å². The zero-order valence-electron chi connectivity index (χ0n) is 11.4. The molecule has 3 heteroatoms. The Morgan fingerprint density at radius 3 is 2.89 bits per heavy atom. The van der Waals surface area contributed by atoms with Gasteiger partial charge in [-0.25, -0.2) is 0 Å². The van der Waals surface area contributed by atoms with Crippen LogP contribution in [-0.2, 0) is 9.53 Å². The molecule has 0 heterocycles. The number of carbonyl (C=O) groups is 1. The van der Waals surface area contributed by atoms with E-state index in [1.807, 2.05) is 0 Å². The number of rotatable bonds is 6. The van der Waals surface area contributed by atoms with Crippen LogP contribution >= 0.6 is 0 Å². The molecule has 0 saturated heterocycles. The van der Waals surface area contributed by atoms with Crippen molar-refractivity contribution in [2.45, 2.75) is 46.0 Å². The normalized spacial score (nSPS) is 19.1. The summed E-state index contributed by atoms with van der Waals surface area (Å²) in [5.41, 5.74) is 2.82. The lowest BCUT2D eigenvalue weighted by atomic mass is 9.88. The van der Waals surface area contributed by atoms with Crippen LogP contribution in [-0.4, -0.2) is 24.3 Å². The Balaban J connectivity index is 2.31. The van der Waals surface area contributed by atoms with Gasteiger partial charge >= 0.3 is 5.97 Å². The van der Waals surface area contributed by atoms with Crippen molar-refractivity contribution in [3.8, 4) is 0 Å². The summed E-state index contributed by atoms with van der Waals surface area (Å²) in [6.07, 6.45) is 9.29. The number of carbonyl (C=O) groups excluding carboxylic acids is 1. The highest BCUT2D eigenvalue weighted by atomic mass is 16.5. The van der Waals surface area contributed by atoms with E-state index in [-0.39, 0.29) is 25.1 Å². The van der Waals surface area contributed by atoms with Gasteiger partial charge in [-0.05, 0) is 46.0 Å². The van der Waals surface area contributed by atoms with E-state index < -0.39 is 0 Å². The van der Waals surface area contributed by atoms with Gasteiger partial charge in [0.1, 0.15) is 6.61 Å². The Hall–Kier alpha value is -1.09. The molecule has 1 atom stereocenters. The van der Waals surface area contributed by atoms with Gasteiger partial charge in [-0.1, -0.05) is 23.3 Å². The molecule has 102 valence electrons. The lowest BCUT2D eigenvalue weighted by molar-refractivity contribution is -0.149. The lowest BCUT2D eigenvalue weighted by Crippen LogP contribution is -2.21. The molecule has 3 nitrogen and oxygen atoms in total. The second kappa shape index (κ2) is 8.09. The summed E-state index contributed by atoms with van der Waals surface area (Å²) in [7, 11) is 0. The van der Waals surface area contributed by atoms with Crippen molar-refractivity contribution in [1.29, 1.82) is 0 Å². The Morgan fingerprint density at radius 2 is 2.33 bits per heavy atom. The quantitative estimate of drug-likeness (QED) is 0.584. The minimum Gasteiger partial charge on any atom is -0.463 e. The Labute approximate surface area is 110 Å². The zero-order valence-corrected chi connectivity index (χ0v) is 11.4. The minimum absolute atomic E-state index is 0.0104. The first-order chi connectivity index (χ1) is 8.63. The van der Waals surface area contributed by atoms with Gasteiger partial charge < -0.3 is 9.84 Å². The first kappa shape index (κ1) is 15.0.